The second-order valence-electron chi connectivity index (χ2n) is 6.65. The fraction of sp³-hybridized carbons (Fsp3) is 0.389. The van der Waals surface area contributed by atoms with Gasteiger partial charge in [0.15, 0.2) is 0 Å². The summed E-state index contributed by atoms with van der Waals surface area (Å²) < 4.78 is 0. The molecule has 2 aromatic heterocycles. The summed E-state index contributed by atoms with van der Waals surface area (Å²) in [6.07, 6.45) is 4.82. The van der Waals surface area contributed by atoms with E-state index in [1.54, 1.807) is 0 Å². The molecule has 0 amide bonds. The fourth-order valence-electron chi connectivity index (χ4n) is 3.16. The summed E-state index contributed by atoms with van der Waals surface area (Å²) >= 11 is 0. The highest BCUT2D eigenvalue weighted by Gasteiger charge is 2.17. The van der Waals surface area contributed by atoms with Crippen molar-refractivity contribution in [2.45, 2.75) is 26.3 Å². The standard InChI is InChI=1S/C18H23N7/c1-12-9-20-18(25-7-3-6-19-13(2)11-25)23-17(12)22-15-4-5-16-14(8-15)10-21-24-16/h4-5,8-10,13,19H,3,6-7,11H2,1-2H3,(H,21,24)(H,20,22,23). The first-order valence-corrected chi connectivity index (χ1v) is 8.71. The number of nitrogens with one attached hydrogen (secondary N) is 3. The van der Waals surface area contributed by atoms with E-state index in [4.69, 9.17) is 4.98 Å². The summed E-state index contributed by atoms with van der Waals surface area (Å²) in [5, 5.41) is 15.0. The van der Waals surface area contributed by atoms with Crippen molar-refractivity contribution in [2.24, 2.45) is 0 Å². The zero-order valence-electron chi connectivity index (χ0n) is 14.6. The molecule has 1 aliphatic heterocycles. The Labute approximate surface area is 146 Å². The summed E-state index contributed by atoms with van der Waals surface area (Å²) in [7, 11) is 0. The predicted molar refractivity (Wildman–Crippen MR) is 100 cm³/mol. The minimum Gasteiger partial charge on any atom is -0.340 e. The average Bonchev–Trinajstić information content (AvgIpc) is 2.96. The van der Waals surface area contributed by atoms with Gasteiger partial charge in [-0.15, -0.1) is 0 Å². The molecule has 3 N–H and O–H groups in total. The highest BCUT2D eigenvalue weighted by molar-refractivity contribution is 5.82. The minimum atomic E-state index is 0.437. The van der Waals surface area contributed by atoms with Crippen LogP contribution < -0.4 is 15.5 Å². The van der Waals surface area contributed by atoms with E-state index in [-0.39, 0.29) is 0 Å². The number of hydrogen-bond acceptors (Lipinski definition) is 6. The lowest BCUT2D eigenvalue weighted by atomic mass is 10.2. The summed E-state index contributed by atoms with van der Waals surface area (Å²) in [4.78, 5) is 11.6. The highest BCUT2D eigenvalue weighted by atomic mass is 15.3. The Kier molecular flexibility index (Phi) is 4.23. The van der Waals surface area contributed by atoms with E-state index in [1.165, 1.54) is 0 Å². The Balaban J connectivity index is 1.60. The number of benzene rings is 1. The predicted octanol–water partition coefficient (Wildman–Crippen LogP) is 2.59. The van der Waals surface area contributed by atoms with Crippen LogP contribution in [0.15, 0.2) is 30.6 Å². The SMILES string of the molecule is Cc1cnc(N2CCCNC(C)C2)nc1Nc1ccc2[nH]ncc2c1. The summed E-state index contributed by atoms with van der Waals surface area (Å²) in [6.45, 7) is 7.16. The van der Waals surface area contributed by atoms with E-state index in [2.05, 4.69) is 43.7 Å². The molecule has 1 fully saturated rings. The van der Waals surface area contributed by atoms with Gasteiger partial charge in [0.05, 0.1) is 11.7 Å². The van der Waals surface area contributed by atoms with Gasteiger partial charge in [-0.1, -0.05) is 0 Å². The maximum absolute atomic E-state index is 4.79. The normalized spacial score (nSPS) is 18.3. The van der Waals surface area contributed by atoms with Gasteiger partial charge in [0.1, 0.15) is 5.82 Å². The number of aryl methyl sites for hydroxylation is 1. The van der Waals surface area contributed by atoms with Crippen LogP contribution in [0.2, 0.25) is 0 Å². The molecule has 25 heavy (non-hydrogen) atoms. The maximum atomic E-state index is 4.79. The van der Waals surface area contributed by atoms with Crippen molar-refractivity contribution >= 4 is 28.4 Å². The third kappa shape index (κ3) is 3.41. The van der Waals surface area contributed by atoms with Gasteiger partial charge in [0, 0.05) is 42.0 Å². The molecular formula is C18H23N7. The quantitative estimate of drug-likeness (QED) is 0.681. The minimum absolute atomic E-state index is 0.437. The number of anilines is 3. The van der Waals surface area contributed by atoms with Gasteiger partial charge in [-0.25, -0.2) is 4.98 Å². The molecule has 3 aromatic rings. The molecule has 1 aliphatic rings. The lowest BCUT2D eigenvalue weighted by Crippen LogP contribution is -2.36. The number of aromatic amines is 1. The number of fused-ring (bicyclic) bond motifs is 1. The second kappa shape index (κ2) is 6.68. The number of hydrogen-bond donors (Lipinski definition) is 3. The van der Waals surface area contributed by atoms with Crippen LogP contribution in [0.25, 0.3) is 10.9 Å². The molecule has 1 aromatic carbocycles. The highest BCUT2D eigenvalue weighted by Crippen LogP contribution is 2.23. The van der Waals surface area contributed by atoms with Gasteiger partial charge in [-0.3, -0.25) is 5.10 Å². The third-order valence-electron chi connectivity index (χ3n) is 4.54. The Morgan fingerprint density at radius 2 is 2.20 bits per heavy atom. The van der Waals surface area contributed by atoms with Crippen molar-refractivity contribution in [2.75, 3.05) is 29.9 Å². The van der Waals surface area contributed by atoms with Gasteiger partial charge < -0.3 is 15.5 Å². The maximum Gasteiger partial charge on any atom is 0.227 e. The fourth-order valence-corrected chi connectivity index (χ4v) is 3.16. The van der Waals surface area contributed by atoms with E-state index >= 15 is 0 Å². The second-order valence-corrected chi connectivity index (χ2v) is 6.65. The smallest absolute Gasteiger partial charge is 0.227 e. The molecule has 130 valence electrons. The molecule has 3 heterocycles. The third-order valence-corrected chi connectivity index (χ3v) is 4.54. The van der Waals surface area contributed by atoms with Gasteiger partial charge in [0.2, 0.25) is 5.95 Å². The summed E-state index contributed by atoms with van der Waals surface area (Å²) in [6, 6.07) is 6.55. The van der Waals surface area contributed by atoms with Crippen LogP contribution in [0, 0.1) is 6.92 Å². The Morgan fingerprint density at radius 1 is 1.28 bits per heavy atom. The number of rotatable bonds is 3. The molecular weight excluding hydrogens is 314 g/mol. The average molecular weight is 337 g/mol. The lowest BCUT2D eigenvalue weighted by Gasteiger charge is -2.23. The van der Waals surface area contributed by atoms with Crippen LogP contribution in [-0.4, -0.2) is 45.8 Å². The zero-order chi connectivity index (χ0) is 17.2. The molecule has 0 radical (unpaired) electrons. The van der Waals surface area contributed by atoms with Gasteiger partial charge in [-0.2, -0.15) is 10.1 Å². The number of H-pyrrole nitrogens is 1. The van der Waals surface area contributed by atoms with Crippen molar-refractivity contribution < 1.29 is 0 Å². The summed E-state index contributed by atoms with van der Waals surface area (Å²) in [5.74, 6) is 1.63. The van der Waals surface area contributed by atoms with E-state index in [0.717, 1.165) is 60.0 Å². The molecule has 7 nitrogen and oxygen atoms in total. The van der Waals surface area contributed by atoms with E-state index in [1.807, 2.05) is 31.5 Å². The Bertz CT molecular complexity index is 873. The first-order chi connectivity index (χ1) is 12.2. The van der Waals surface area contributed by atoms with Crippen LogP contribution in [0.5, 0.6) is 0 Å². The van der Waals surface area contributed by atoms with Crippen LogP contribution in [0.1, 0.15) is 18.9 Å². The molecule has 4 rings (SSSR count). The molecule has 1 atom stereocenters. The van der Waals surface area contributed by atoms with E-state index < -0.39 is 0 Å². The Hall–Kier alpha value is -2.67. The van der Waals surface area contributed by atoms with E-state index in [0.29, 0.717) is 6.04 Å². The first-order valence-electron chi connectivity index (χ1n) is 8.71. The first kappa shape index (κ1) is 15.8. The lowest BCUT2D eigenvalue weighted by molar-refractivity contribution is 0.582. The van der Waals surface area contributed by atoms with Gasteiger partial charge in [0.25, 0.3) is 0 Å². The largest absolute Gasteiger partial charge is 0.340 e. The van der Waals surface area contributed by atoms with E-state index in [9.17, 15) is 0 Å². The monoisotopic (exact) mass is 337 g/mol. The van der Waals surface area contributed by atoms with Gasteiger partial charge in [-0.05, 0) is 45.0 Å². The zero-order valence-corrected chi connectivity index (χ0v) is 14.6. The molecule has 1 unspecified atom stereocenters. The molecule has 1 saturated heterocycles. The molecule has 0 bridgehead atoms. The van der Waals surface area contributed by atoms with Crippen molar-refractivity contribution in [3.05, 3.63) is 36.2 Å². The number of nitrogens with zero attached hydrogens (tertiary/aromatic N) is 4. The summed E-state index contributed by atoms with van der Waals surface area (Å²) in [5.41, 5.74) is 3.04. The van der Waals surface area contributed by atoms with Crippen molar-refractivity contribution in [1.29, 1.82) is 0 Å². The Morgan fingerprint density at radius 3 is 3.12 bits per heavy atom. The van der Waals surface area contributed by atoms with Crippen LogP contribution >= 0.6 is 0 Å². The van der Waals surface area contributed by atoms with Crippen LogP contribution in [-0.2, 0) is 0 Å². The molecule has 0 saturated carbocycles. The van der Waals surface area contributed by atoms with Crippen LogP contribution in [0.4, 0.5) is 17.5 Å². The molecule has 0 aliphatic carbocycles. The van der Waals surface area contributed by atoms with Crippen molar-refractivity contribution in [3.63, 3.8) is 0 Å². The molecule has 7 heteroatoms. The van der Waals surface area contributed by atoms with Crippen molar-refractivity contribution in [1.82, 2.24) is 25.5 Å². The van der Waals surface area contributed by atoms with Gasteiger partial charge >= 0.3 is 0 Å². The topological polar surface area (TPSA) is 81.8 Å². The van der Waals surface area contributed by atoms with Crippen LogP contribution in [0.3, 0.4) is 0 Å². The number of aromatic nitrogens is 4. The van der Waals surface area contributed by atoms with Crippen molar-refractivity contribution in [3.8, 4) is 0 Å². The molecule has 0 spiro atoms.